The van der Waals surface area contributed by atoms with Gasteiger partial charge >= 0.3 is 0 Å². The van der Waals surface area contributed by atoms with Gasteiger partial charge in [-0.15, -0.1) is 5.11 Å². The number of azo groups is 1. The van der Waals surface area contributed by atoms with Gasteiger partial charge in [-0.2, -0.15) is 5.11 Å². The quantitative estimate of drug-likeness (QED) is 0.318. The van der Waals surface area contributed by atoms with Crippen LogP contribution in [0.5, 0.6) is 5.75 Å². The molecule has 0 bridgehead atoms. The van der Waals surface area contributed by atoms with Crippen molar-refractivity contribution in [3.05, 3.63) is 60.7 Å². The fourth-order valence-electron chi connectivity index (χ4n) is 2.20. The van der Waals surface area contributed by atoms with E-state index in [0.717, 1.165) is 0 Å². The van der Waals surface area contributed by atoms with E-state index in [1.807, 2.05) is 47.6 Å². The van der Waals surface area contributed by atoms with Gasteiger partial charge in [0.15, 0.2) is 5.75 Å². The van der Waals surface area contributed by atoms with E-state index in [9.17, 15) is 18.8 Å². The lowest BCUT2D eigenvalue weighted by Crippen LogP contribution is -1.96. The van der Waals surface area contributed by atoms with Crippen LogP contribution in [0.15, 0.2) is 75.8 Å². The molecule has 3 aromatic carbocycles. The predicted octanol–water partition coefficient (Wildman–Crippen LogP) is 8.62. The van der Waals surface area contributed by atoms with E-state index >= 15 is 0 Å². The number of nitrogens with zero attached hydrogens (tertiary/aromatic N) is 2. The van der Waals surface area contributed by atoms with Gasteiger partial charge < -0.3 is 18.8 Å². The molecule has 0 saturated carbocycles. The maximum atomic E-state index is 10.4. The van der Waals surface area contributed by atoms with Crippen LogP contribution in [0.3, 0.4) is 0 Å². The summed E-state index contributed by atoms with van der Waals surface area (Å²) in [5, 5.41) is 19.3. The molecule has 0 heterocycles. The molecule has 6 nitrogen and oxygen atoms in total. The lowest BCUT2D eigenvalue weighted by molar-refractivity contribution is 0.375. The second-order valence-corrected chi connectivity index (χ2v) is 6.32. The fraction of sp³-hybridized carbons (Fsp3) is 0.273. The Balaban J connectivity index is 0.00000120. The van der Waals surface area contributed by atoms with Crippen LogP contribution in [0.4, 0.5) is 11.4 Å². The highest BCUT2D eigenvalue weighted by molar-refractivity contribution is 8.19. The molecular formula is C22H32N2O4S. The van der Waals surface area contributed by atoms with E-state index in [4.69, 9.17) is 0 Å². The molecule has 7 heteroatoms. The average Bonchev–Trinajstić information content (AvgIpc) is 2.77. The third kappa shape index (κ3) is 7.47. The second kappa shape index (κ2) is 13.7. The van der Waals surface area contributed by atoms with Gasteiger partial charge in [0.1, 0.15) is 16.6 Å². The van der Waals surface area contributed by atoms with E-state index in [0.29, 0.717) is 16.5 Å². The number of fused-ring (bicyclic) bond motifs is 1. The highest BCUT2D eigenvalue weighted by atomic mass is 32.3. The summed E-state index contributed by atoms with van der Waals surface area (Å²) in [4.78, 5) is -0.270. The Labute approximate surface area is 175 Å². The Morgan fingerprint density at radius 1 is 0.690 bits per heavy atom. The first-order valence-electron chi connectivity index (χ1n) is 9.69. The van der Waals surface area contributed by atoms with Crippen molar-refractivity contribution in [3.8, 4) is 5.75 Å². The van der Waals surface area contributed by atoms with Crippen molar-refractivity contribution in [2.75, 3.05) is 0 Å². The summed E-state index contributed by atoms with van der Waals surface area (Å²) >= 11 is 0. The molecule has 0 aliphatic rings. The standard InChI is InChI=1S/C16H14N2O4S.3C2H6/c19-16-13-9-5-4-6-11(13)10-14(23(20,21)22)15(16)18-17-12-7-2-1-3-8-12;3*1-2/h1-10,19-22H;3*1-2H3. The monoisotopic (exact) mass is 420 g/mol. The fourth-order valence-corrected chi connectivity index (χ4v) is 2.88. The van der Waals surface area contributed by atoms with Crippen molar-refractivity contribution < 1.29 is 18.8 Å². The molecule has 0 aliphatic carbocycles. The summed E-state index contributed by atoms with van der Waals surface area (Å²) in [6, 6.07) is 17.0. The highest BCUT2D eigenvalue weighted by Crippen LogP contribution is 2.54. The van der Waals surface area contributed by atoms with E-state index < -0.39 is 10.9 Å². The van der Waals surface area contributed by atoms with Gasteiger partial charge in [0, 0.05) is 5.39 Å². The van der Waals surface area contributed by atoms with Crippen LogP contribution in [-0.2, 0) is 0 Å². The van der Waals surface area contributed by atoms with Crippen molar-refractivity contribution in [2.24, 2.45) is 10.2 Å². The van der Waals surface area contributed by atoms with Crippen LogP contribution in [0, 0.1) is 0 Å². The van der Waals surface area contributed by atoms with Crippen LogP contribution >= 0.6 is 10.9 Å². The van der Waals surface area contributed by atoms with Crippen LogP contribution in [0.2, 0.25) is 0 Å². The third-order valence-corrected chi connectivity index (χ3v) is 4.18. The van der Waals surface area contributed by atoms with E-state index in [1.54, 1.807) is 48.5 Å². The molecule has 0 radical (unpaired) electrons. The van der Waals surface area contributed by atoms with Gasteiger partial charge in [-0.3, -0.25) is 0 Å². The largest absolute Gasteiger partial charge is 0.505 e. The number of hydrogen-bond acceptors (Lipinski definition) is 6. The summed E-state index contributed by atoms with van der Waals surface area (Å²) in [5.74, 6) is -0.271. The second-order valence-electron chi connectivity index (χ2n) is 4.85. The molecule has 0 fully saturated rings. The average molecular weight is 421 g/mol. The molecule has 3 aromatic rings. The topological polar surface area (TPSA) is 106 Å². The number of benzene rings is 3. The van der Waals surface area contributed by atoms with Gasteiger partial charge in [-0.25, -0.2) is 0 Å². The van der Waals surface area contributed by atoms with Gasteiger partial charge in [0.25, 0.3) is 0 Å². The molecule has 160 valence electrons. The van der Waals surface area contributed by atoms with Crippen LogP contribution in [0.1, 0.15) is 41.5 Å². The lowest BCUT2D eigenvalue weighted by atomic mass is 10.1. The van der Waals surface area contributed by atoms with Gasteiger partial charge in [-0.05, 0) is 23.6 Å². The third-order valence-electron chi connectivity index (χ3n) is 3.28. The molecule has 29 heavy (non-hydrogen) atoms. The van der Waals surface area contributed by atoms with Crippen molar-refractivity contribution in [3.63, 3.8) is 0 Å². The zero-order valence-electron chi connectivity index (χ0n) is 17.9. The summed E-state index contributed by atoms with van der Waals surface area (Å²) in [7, 11) is -4.07. The summed E-state index contributed by atoms with van der Waals surface area (Å²) in [5.41, 5.74) is 0.357. The van der Waals surface area contributed by atoms with Crippen molar-refractivity contribution in [1.29, 1.82) is 0 Å². The SMILES string of the molecule is CC.CC.CC.Oc1c(N=Nc2ccccc2)c(S(O)(O)O)cc2ccccc12. The molecule has 0 saturated heterocycles. The highest BCUT2D eigenvalue weighted by Gasteiger charge is 2.25. The molecule has 0 atom stereocenters. The molecule has 0 amide bonds. The molecule has 3 rings (SSSR count). The van der Waals surface area contributed by atoms with Crippen LogP contribution in [-0.4, -0.2) is 18.8 Å². The molecule has 4 N–H and O–H groups in total. The smallest absolute Gasteiger partial charge is 0.152 e. The predicted molar refractivity (Wildman–Crippen MR) is 124 cm³/mol. The maximum Gasteiger partial charge on any atom is 0.152 e. The van der Waals surface area contributed by atoms with Gasteiger partial charge in [0.05, 0.1) is 10.6 Å². The van der Waals surface area contributed by atoms with Crippen molar-refractivity contribution in [1.82, 2.24) is 0 Å². The minimum Gasteiger partial charge on any atom is -0.505 e. The number of aromatic hydroxyl groups is 1. The molecular weight excluding hydrogens is 388 g/mol. The summed E-state index contributed by atoms with van der Waals surface area (Å²) < 4.78 is 28.9. The van der Waals surface area contributed by atoms with Crippen LogP contribution in [0.25, 0.3) is 10.8 Å². The first-order chi connectivity index (χ1) is 14.0. The number of phenols is 1. The Hall–Kier alpha value is -2.45. The Bertz CT molecular complexity index is 879. The molecule has 0 spiro atoms. The van der Waals surface area contributed by atoms with E-state index in [2.05, 4.69) is 10.2 Å². The Kier molecular flexibility index (Phi) is 12.5. The van der Waals surface area contributed by atoms with Crippen LogP contribution < -0.4 is 0 Å². The minimum atomic E-state index is -4.07. The Morgan fingerprint density at radius 2 is 1.21 bits per heavy atom. The number of hydrogen-bond donors (Lipinski definition) is 4. The zero-order chi connectivity index (χ0) is 22.4. The summed E-state index contributed by atoms with van der Waals surface area (Å²) in [6.07, 6.45) is 0. The first kappa shape index (κ1) is 26.6. The van der Waals surface area contributed by atoms with E-state index in [1.165, 1.54) is 6.07 Å². The lowest BCUT2D eigenvalue weighted by Gasteiger charge is -2.22. The van der Waals surface area contributed by atoms with Gasteiger partial charge in [0.2, 0.25) is 0 Å². The van der Waals surface area contributed by atoms with Crippen molar-refractivity contribution in [2.45, 2.75) is 46.4 Å². The molecule has 0 aromatic heterocycles. The Morgan fingerprint density at radius 3 is 1.76 bits per heavy atom. The number of rotatable bonds is 3. The van der Waals surface area contributed by atoms with Crippen molar-refractivity contribution >= 4 is 33.0 Å². The minimum absolute atomic E-state index is 0.171. The molecule has 0 aliphatic heterocycles. The maximum absolute atomic E-state index is 10.4. The normalized spacial score (nSPS) is 10.8. The number of phenolic OH excluding ortho intramolecular Hbond substituents is 1. The van der Waals surface area contributed by atoms with E-state index in [-0.39, 0.29) is 16.3 Å². The zero-order valence-corrected chi connectivity index (χ0v) is 18.7. The molecule has 0 unspecified atom stereocenters. The first-order valence-corrected chi connectivity index (χ1v) is 11.2. The van der Waals surface area contributed by atoms with Gasteiger partial charge in [-0.1, -0.05) is 84.0 Å². The summed E-state index contributed by atoms with van der Waals surface area (Å²) in [6.45, 7) is 12.0.